The van der Waals surface area contributed by atoms with Crippen molar-refractivity contribution < 1.29 is 0 Å². The second-order valence-corrected chi connectivity index (χ2v) is 4.57. The van der Waals surface area contributed by atoms with Crippen LogP contribution in [-0.2, 0) is 0 Å². The summed E-state index contributed by atoms with van der Waals surface area (Å²) in [6, 6.07) is 19.2. The van der Waals surface area contributed by atoms with Crippen molar-refractivity contribution >= 4 is 28.3 Å². The van der Waals surface area contributed by atoms with Crippen molar-refractivity contribution in [2.75, 3.05) is 11.6 Å². The van der Waals surface area contributed by atoms with Gasteiger partial charge in [-0.3, -0.25) is 0 Å². The highest BCUT2D eigenvalue weighted by Crippen LogP contribution is 2.17. The monoisotopic (exact) mass is 267 g/mol. The molecule has 19 heavy (non-hydrogen) atoms. The molecule has 0 atom stereocenters. The molecule has 0 bridgehead atoms. The van der Waals surface area contributed by atoms with Crippen LogP contribution in [0.3, 0.4) is 0 Å². The van der Waals surface area contributed by atoms with Crippen molar-refractivity contribution in [2.45, 2.75) is 0 Å². The van der Waals surface area contributed by atoms with Crippen LogP contribution in [0.1, 0.15) is 5.56 Å². The molecule has 0 radical (unpaired) electrons. The predicted octanol–water partition coefficient (Wildman–Crippen LogP) is 4.02. The number of hydrogen-bond donors (Lipinski definition) is 1. The summed E-state index contributed by atoms with van der Waals surface area (Å²) >= 11 is 1.54. The van der Waals surface area contributed by atoms with Crippen LogP contribution in [0.2, 0.25) is 0 Å². The summed E-state index contributed by atoms with van der Waals surface area (Å²) in [7, 11) is 0. The third-order valence-corrected chi connectivity index (χ3v) is 3.03. The lowest BCUT2D eigenvalue weighted by atomic mass is 10.2. The molecule has 2 aromatic rings. The number of nitriles is 1. The van der Waals surface area contributed by atoms with E-state index < -0.39 is 0 Å². The zero-order valence-corrected chi connectivity index (χ0v) is 11.3. The minimum atomic E-state index is 0.640. The summed E-state index contributed by atoms with van der Waals surface area (Å²) in [5.41, 5.74) is 2.47. The van der Waals surface area contributed by atoms with Crippen molar-refractivity contribution in [3.63, 3.8) is 0 Å². The molecule has 0 aliphatic rings. The van der Waals surface area contributed by atoms with Crippen molar-refractivity contribution in [2.24, 2.45) is 4.99 Å². The summed E-state index contributed by atoms with van der Waals surface area (Å²) in [5, 5.41) is 12.8. The Labute approximate surface area is 117 Å². The summed E-state index contributed by atoms with van der Waals surface area (Å²) < 4.78 is 0. The molecule has 0 amide bonds. The van der Waals surface area contributed by atoms with Crippen LogP contribution in [0.15, 0.2) is 59.6 Å². The van der Waals surface area contributed by atoms with Gasteiger partial charge in [-0.15, -0.1) is 0 Å². The van der Waals surface area contributed by atoms with Crippen molar-refractivity contribution in [3.8, 4) is 6.07 Å². The highest BCUT2D eigenvalue weighted by molar-refractivity contribution is 8.13. The number of aliphatic imine (C=N–C) groups is 1. The van der Waals surface area contributed by atoms with E-state index in [0.717, 1.165) is 16.5 Å². The fourth-order valence-electron chi connectivity index (χ4n) is 1.50. The van der Waals surface area contributed by atoms with E-state index in [4.69, 9.17) is 5.26 Å². The summed E-state index contributed by atoms with van der Waals surface area (Å²) in [5.74, 6) is 0. The van der Waals surface area contributed by atoms with Gasteiger partial charge in [-0.2, -0.15) is 5.26 Å². The van der Waals surface area contributed by atoms with Gasteiger partial charge in [0.2, 0.25) is 0 Å². The average Bonchev–Trinajstić information content (AvgIpc) is 2.48. The third kappa shape index (κ3) is 3.87. The topological polar surface area (TPSA) is 48.2 Å². The molecule has 0 aliphatic heterocycles. The lowest BCUT2D eigenvalue weighted by molar-refractivity contribution is 1.46. The van der Waals surface area contributed by atoms with E-state index in [1.165, 1.54) is 0 Å². The van der Waals surface area contributed by atoms with Crippen molar-refractivity contribution in [1.29, 1.82) is 5.26 Å². The molecule has 2 aromatic carbocycles. The van der Waals surface area contributed by atoms with E-state index in [2.05, 4.69) is 16.4 Å². The number of anilines is 1. The second kappa shape index (κ2) is 6.62. The van der Waals surface area contributed by atoms with Gasteiger partial charge < -0.3 is 5.32 Å². The van der Waals surface area contributed by atoms with Crippen LogP contribution in [0.5, 0.6) is 0 Å². The molecule has 1 N–H and O–H groups in total. The van der Waals surface area contributed by atoms with Gasteiger partial charge in [0.1, 0.15) is 0 Å². The lowest BCUT2D eigenvalue weighted by Gasteiger charge is -2.07. The number of rotatable bonds is 2. The highest BCUT2D eigenvalue weighted by Gasteiger charge is 1.99. The Bertz CT molecular complexity index is 598. The number of benzene rings is 2. The average molecular weight is 267 g/mol. The number of para-hydroxylation sites is 1. The molecule has 0 fully saturated rings. The van der Waals surface area contributed by atoms with Crippen LogP contribution in [-0.4, -0.2) is 11.4 Å². The van der Waals surface area contributed by atoms with Gasteiger partial charge >= 0.3 is 0 Å². The van der Waals surface area contributed by atoms with E-state index >= 15 is 0 Å². The fraction of sp³-hybridized carbons (Fsp3) is 0.0667. The van der Waals surface area contributed by atoms with E-state index in [1.54, 1.807) is 23.9 Å². The number of nitrogens with zero attached hydrogens (tertiary/aromatic N) is 2. The Kier molecular flexibility index (Phi) is 4.60. The van der Waals surface area contributed by atoms with Gasteiger partial charge in [-0.25, -0.2) is 4.99 Å². The SMILES string of the molecule is CSC(=Nc1ccc(C#N)cc1)Nc1ccccc1. The number of nitrogens with one attached hydrogen (secondary N) is 1. The molecule has 0 unspecified atom stereocenters. The largest absolute Gasteiger partial charge is 0.335 e. The van der Waals surface area contributed by atoms with Crippen LogP contribution in [0.25, 0.3) is 0 Å². The second-order valence-electron chi connectivity index (χ2n) is 3.77. The standard InChI is InChI=1S/C15H13N3S/c1-19-15(17-13-5-3-2-4-6-13)18-14-9-7-12(11-16)8-10-14/h2-10H,1H3,(H,17,18). The molecule has 0 heterocycles. The van der Waals surface area contributed by atoms with Crippen LogP contribution < -0.4 is 5.32 Å². The minimum absolute atomic E-state index is 0.640. The van der Waals surface area contributed by atoms with Gasteiger partial charge in [0.15, 0.2) is 5.17 Å². The first-order chi connectivity index (χ1) is 9.31. The van der Waals surface area contributed by atoms with Crippen LogP contribution >= 0.6 is 11.8 Å². The number of amidine groups is 1. The smallest absolute Gasteiger partial charge is 0.165 e. The maximum absolute atomic E-state index is 8.75. The van der Waals surface area contributed by atoms with E-state index in [-0.39, 0.29) is 0 Å². The van der Waals surface area contributed by atoms with Gasteiger partial charge in [-0.05, 0) is 42.7 Å². The van der Waals surface area contributed by atoms with Crippen LogP contribution in [0, 0.1) is 11.3 Å². The minimum Gasteiger partial charge on any atom is -0.335 e. The zero-order chi connectivity index (χ0) is 13.5. The third-order valence-electron chi connectivity index (χ3n) is 2.45. The quantitative estimate of drug-likeness (QED) is 0.660. The Morgan fingerprint density at radius 3 is 2.37 bits per heavy atom. The Balaban J connectivity index is 2.16. The number of thioether (sulfide) groups is 1. The lowest BCUT2D eigenvalue weighted by Crippen LogP contribution is -2.06. The maximum Gasteiger partial charge on any atom is 0.165 e. The summed E-state index contributed by atoms with van der Waals surface area (Å²) in [6.45, 7) is 0. The zero-order valence-electron chi connectivity index (χ0n) is 10.5. The molecule has 0 saturated heterocycles. The summed E-state index contributed by atoms with van der Waals surface area (Å²) in [4.78, 5) is 4.51. The molecule has 0 spiro atoms. The first kappa shape index (κ1) is 13.2. The Hall–Kier alpha value is -2.25. The number of hydrogen-bond acceptors (Lipinski definition) is 3. The molecule has 4 heteroatoms. The van der Waals surface area contributed by atoms with Crippen molar-refractivity contribution in [3.05, 3.63) is 60.2 Å². The van der Waals surface area contributed by atoms with E-state index in [1.807, 2.05) is 48.7 Å². The molecule has 2 rings (SSSR count). The first-order valence-corrected chi connectivity index (χ1v) is 6.99. The highest BCUT2D eigenvalue weighted by atomic mass is 32.2. The van der Waals surface area contributed by atoms with Gasteiger partial charge in [0.05, 0.1) is 17.3 Å². The van der Waals surface area contributed by atoms with Gasteiger partial charge in [0.25, 0.3) is 0 Å². The molecule has 0 saturated carbocycles. The Morgan fingerprint density at radius 1 is 1.11 bits per heavy atom. The normalized spacial score (nSPS) is 10.8. The molecule has 0 aliphatic carbocycles. The van der Waals surface area contributed by atoms with Gasteiger partial charge in [-0.1, -0.05) is 30.0 Å². The molecule has 3 nitrogen and oxygen atoms in total. The molecular formula is C15H13N3S. The maximum atomic E-state index is 8.75. The van der Waals surface area contributed by atoms with E-state index in [0.29, 0.717) is 5.56 Å². The Morgan fingerprint density at radius 2 is 1.79 bits per heavy atom. The molecule has 94 valence electrons. The molecule has 0 aromatic heterocycles. The molecular weight excluding hydrogens is 254 g/mol. The van der Waals surface area contributed by atoms with Crippen LogP contribution in [0.4, 0.5) is 11.4 Å². The van der Waals surface area contributed by atoms with Gasteiger partial charge in [0, 0.05) is 5.69 Å². The fourth-order valence-corrected chi connectivity index (χ4v) is 1.91. The van der Waals surface area contributed by atoms with Crippen molar-refractivity contribution in [1.82, 2.24) is 0 Å². The first-order valence-electron chi connectivity index (χ1n) is 5.77. The van der Waals surface area contributed by atoms with E-state index in [9.17, 15) is 0 Å². The predicted molar refractivity (Wildman–Crippen MR) is 81.8 cm³/mol. The summed E-state index contributed by atoms with van der Waals surface area (Å²) in [6.07, 6.45) is 1.97.